The summed E-state index contributed by atoms with van der Waals surface area (Å²) in [6.45, 7) is 0.392. The maximum absolute atomic E-state index is 11.7. The maximum atomic E-state index is 11.7. The number of anilines is 1. The van der Waals surface area contributed by atoms with Crippen LogP contribution in [0.3, 0.4) is 0 Å². The van der Waals surface area contributed by atoms with E-state index in [-0.39, 0.29) is 22.7 Å². The Labute approximate surface area is 218 Å². The molecule has 2 amide bonds. The number of fused-ring (bicyclic) bond motifs is 1. The van der Waals surface area contributed by atoms with Crippen LogP contribution >= 0.6 is 23.1 Å². The number of pyridine rings is 1. The third-order valence-electron chi connectivity index (χ3n) is 5.29. The Kier molecular flexibility index (Phi) is 7.83. The molecule has 5 heterocycles. The van der Waals surface area contributed by atoms with Crippen LogP contribution in [0.5, 0.6) is 0 Å². The molecule has 1 saturated heterocycles. The number of rotatable bonds is 7. The van der Waals surface area contributed by atoms with Gasteiger partial charge in [-0.2, -0.15) is 0 Å². The molecule has 37 heavy (non-hydrogen) atoms. The zero-order chi connectivity index (χ0) is 26.5. The number of hydrogen-bond acceptors (Lipinski definition) is 12. The van der Waals surface area contributed by atoms with Gasteiger partial charge in [0.1, 0.15) is 12.8 Å². The summed E-state index contributed by atoms with van der Waals surface area (Å²) < 4.78 is 7.10. The number of nitrogens with two attached hydrogens (primary N) is 2. The number of primary amides is 1. The van der Waals surface area contributed by atoms with Crippen LogP contribution in [0.25, 0.3) is 11.3 Å². The summed E-state index contributed by atoms with van der Waals surface area (Å²) in [5, 5.41) is 16.8. The number of nitrogens with zero attached hydrogens (tertiary/aromatic N) is 5. The van der Waals surface area contributed by atoms with Gasteiger partial charge in [0.2, 0.25) is 5.91 Å². The van der Waals surface area contributed by atoms with E-state index in [1.54, 1.807) is 23.3 Å². The number of carboxylic acids is 1. The van der Waals surface area contributed by atoms with Crippen molar-refractivity contribution >= 4 is 51.7 Å². The molecular weight excluding hydrogens is 522 g/mol. The molecule has 0 aromatic carbocycles. The van der Waals surface area contributed by atoms with Gasteiger partial charge in [-0.15, -0.1) is 23.1 Å². The number of oxime groups is 1. The Balaban J connectivity index is 0.000000209. The molecule has 1 fully saturated rings. The van der Waals surface area contributed by atoms with Crippen LogP contribution in [0.2, 0.25) is 0 Å². The molecule has 5 rings (SSSR count). The molecule has 0 aliphatic carbocycles. The molecule has 3 aromatic rings. The first-order valence-corrected chi connectivity index (χ1v) is 12.6. The van der Waals surface area contributed by atoms with E-state index in [4.69, 9.17) is 15.9 Å². The fourth-order valence-corrected chi connectivity index (χ4v) is 5.40. The van der Waals surface area contributed by atoms with E-state index in [9.17, 15) is 19.5 Å². The summed E-state index contributed by atoms with van der Waals surface area (Å²) in [7, 11) is 1.32. The molecule has 13 nitrogen and oxygen atoms in total. The van der Waals surface area contributed by atoms with Crippen molar-refractivity contribution < 1.29 is 33.3 Å². The van der Waals surface area contributed by atoms with Crippen LogP contribution in [0, 0.1) is 0 Å². The summed E-state index contributed by atoms with van der Waals surface area (Å²) in [6.07, 6.45) is 7.07. The molecule has 2 aliphatic rings. The average molecular weight is 544 g/mol. The summed E-state index contributed by atoms with van der Waals surface area (Å²) >= 11 is 2.78. The highest BCUT2D eigenvalue weighted by Crippen LogP contribution is 2.39. The van der Waals surface area contributed by atoms with Crippen LogP contribution < -0.4 is 21.1 Å². The smallest absolute Gasteiger partial charge is 0.273 e. The Morgan fingerprint density at radius 3 is 2.68 bits per heavy atom. The highest BCUT2D eigenvalue weighted by molar-refractivity contribution is 8.00. The lowest BCUT2D eigenvalue weighted by Crippen LogP contribution is -2.56. The molecule has 4 N–H and O–H groups in total. The van der Waals surface area contributed by atoms with Crippen molar-refractivity contribution in [3.8, 4) is 11.3 Å². The number of β-lactam (4-membered cyclic amide) rings is 1. The normalized spacial score (nSPS) is 16.9. The second-order valence-electron chi connectivity index (χ2n) is 7.66. The topological polar surface area (TPSA) is 194 Å². The zero-order valence-corrected chi connectivity index (χ0v) is 21.0. The molecule has 192 valence electrons. The van der Waals surface area contributed by atoms with Crippen LogP contribution in [0.15, 0.2) is 63.3 Å². The number of carbonyl (C=O) groups is 3. The van der Waals surface area contributed by atoms with E-state index in [2.05, 4.69) is 20.0 Å². The van der Waals surface area contributed by atoms with E-state index < -0.39 is 11.9 Å². The van der Waals surface area contributed by atoms with E-state index in [0.29, 0.717) is 40.9 Å². The third-order valence-corrected chi connectivity index (χ3v) is 7.24. The van der Waals surface area contributed by atoms with Crippen molar-refractivity contribution in [3.63, 3.8) is 0 Å². The SMILES string of the molecule is CON=C(C(N)=O)c1csc(N)n1.O=C([O-])C1=C(C[n+]2ccc(-c3cnco3)cc2)CS[C@H]2CC(=O)N12. The highest BCUT2D eigenvalue weighted by atomic mass is 32.2. The zero-order valence-electron chi connectivity index (χ0n) is 19.4. The lowest BCUT2D eigenvalue weighted by molar-refractivity contribution is -0.689. The average Bonchev–Trinajstić information content (AvgIpc) is 3.55. The van der Waals surface area contributed by atoms with Gasteiger partial charge in [0, 0.05) is 34.4 Å². The fraction of sp³-hybridized carbons (Fsp3) is 0.227. The number of amides is 2. The first kappa shape index (κ1) is 25.8. The third kappa shape index (κ3) is 5.78. The number of carboxylic acid groups (broad SMARTS) is 1. The van der Waals surface area contributed by atoms with Gasteiger partial charge in [-0.3, -0.25) is 14.5 Å². The van der Waals surface area contributed by atoms with Crippen LogP contribution in [0.1, 0.15) is 12.1 Å². The monoisotopic (exact) mass is 543 g/mol. The summed E-state index contributed by atoms with van der Waals surface area (Å²) in [6, 6.07) is 3.74. The second-order valence-corrected chi connectivity index (χ2v) is 9.71. The summed E-state index contributed by atoms with van der Waals surface area (Å²) in [5.41, 5.74) is 12.3. The van der Waals surface area contributed by atoms with Crippen LogP contribution in [-0.2, 0) is 25.8 Å². The Hall–Kier alpha value is -4.24. The standard InChI is InChI=1S/C16H13N3O4S.C6H8N4O2S/c20-13-5-14-19(13)15(16(21)22)11(8-24-14)7-18-3-1-10(2-4-18)12-6-17-9-23-12;1-12-10-4(5(7)11)3-2-13-6(8)9-3/h1-4,6,9,14H,5,7-8H2;2H,1H3,(H2,7,11)(H2,8,9)/t14-;/m0./s1. The lowest BCUT2D eigenvalue weighted by atomic mass is 10.1. The van der Waals surface area contributed by atoms with Gasteiger partial charge >= 0.3 is 0 Å². The minimum atomic E-state index is -1.29. The number of oxazole rings is 1. The predicted molar refractivity (Wildman–Crippen MR) is 131 cm³/mol. The lowest BCUT2D eigenvalue weighted by Gasteiger charge is -2.45. The van der Waals surface area contributed by atoms with Gasteiger partial charge in [-0.05, 0) is 0 Å². The molecule has 0 saturated carbocycles. The molecule has 1 atom stereocenters. The van der Waals surface area contributed by atoms with E-state index in [1.165, 1.54) is 29.7 Å². The van der Waals surface area contributed by atoms with Crippen LogP contribution in [0.4, 0.5) is 5.13 Å². The van der Waals surface area contributed by atoms with E-state index >= 15 is 0 Å². The number of nitrogen functional groups attached to an aromatic ring is 1. The number of aliphatic carboxylic acids is 1. The van der Waals surface area contributed by atoms with Crippen molar-refractivity contribution in [2.75, 3.05) is 18.6 Å². The quantitative estimate of drug-likeness (QED) is 0.170. The van der Waals surface area contributed by atoms with E-state index in [0.717, 1.165) is 5.56 Å². The van der Waals surface area contributed by atoms with Crippen molar-refractivity contribution in [2.45, 2.75) is 18.3 Å². The molecule has 2 aliphatic heterocycles. The van der Waals surface area contributed by atoms with Gasteiger partial charge in [-0.25, -0.2) is 14.5 Å². The highest BCUT2D eigenvalue weighted by Gasteiger charge is 2.43. The maximum Gasteiger partial charge on any atom is 0.273 e. The molecule has 3 aromatic heterocycles. The Morgan fingerprint density at radius 2 is 2.14 bits per heavy atom. The molecular formula is C22H21N7O6S2. The van der Waals surface area contributed by atoms with Crippen molar-refractivity contribution in [1.29, 1.82) is 0 Å². The van der Waals surface area contributed by atoms with Gasteiger partial charge in [0.25, 0.3) is 5.91 Å². The van der Waals surface area contributed by atoms with Gasteiger partial charge in [0.15, 0.2) is 41.9 Å². The van der Waals surface area contributed by atoms with Gasteiger partial charge < -0.3 is 30.6 Å². The number of carbonyl (C=O) groups excluding carboxylic acids is 3. The van der Waals surface area contributed by atoms with Crippen molar-refractivity contribution in [3.05, 3.63) is 59.5 Å². The Morgan fingerprint density at radius 1 is 1.38 bits per heavy atom. The van der Waals surface area contributed by atoms with Gasteiger partial charge in [0.05, 0.1) is 29.7 Å². The first-order chi connectivity index (χ1) is 17.8. The first-order valence-electron chi connectivity index (χ1n) is 10.7. The molecule has 0 unspecified atom stereocenters. The predicted octanol–water partition coefficient (Wildman–Crippen LogP) is -0.501. The van der Waals surface area contributed by atoms with Crippen molar-refractivity contribution in [1.82, 2.24) is 14.9 Å². The fourth-order valence-electron chi connectivity index (χ4n) is 3.60. The van der Waals surface area contributed by atoms with Gasteiger partial charge in [-0.1, -0.05) is 5.16 Å². The molecule has 0 bridgehead atoms. The summed E-state index contributed by atoms with van der Waals surface area (Å²) in [4.78, 5) is 47.6. The molecule has 15 heteroatoms. The van der Waals surface area contributed by atoms with E-state index in [1.807, 2.05) is 29.1 Å². The Bertz CT molecular complexity index is 1370. The minimum Gasteiger partial charge on any atom is -0.543 e. The number of thiazole rings is 1. The molecule has 0 spiro atoms. The summed E-state index contributed by atoms with van der Waals surface area (Å²) in [5.74, 6) is -0.905. The number of hydrogen-bond donors (Lipinski definition) is 2. The largest absolute Gasteiger partial charge is 0.543 e. The van der Waals surface area contributed by atoms with Crippen molar-refractivity contribution in [2.24, 2.45) is 10.9 Å². The molecule has 0 radical (unpaired) electrons. The minimum absolute atomic E-state index is 0.0295. The number of thioether (sulfide) groups is 1. The van der Waals surface area contributed by atoms with Crippen LogP contribution in [-0.4, -0.2) is 56.6 Å². The second kappa shape index (κ2) is 11.2. The number of aromatic nitrogens is 3.